The van der Waals surface area contributed by atoms with E-state index in [0.29, 0.717) is 23.8 Å². The summed E-state index contributed by atoms with van der Waals surface area (Å²) in [6.45, 7) is 4.33. The number of hydrogen-bond donors (Lipinski definition) is 0. The van der Waals surface area contributed by atoms with Crippen molar-refractivity contribution in [2.75, 3.05) is 27.9 Å². The van der Waals surface area contributed by atoms with Crippen LogP contribution in [0.3, 0.4) is 0 Å². The van der Waals surface area contributed by atoms with E-state index in [9.17, 15) is 5.26 Å². The number of benzene rings is 2. The summed E-state index contributed by atoms with van der Waals surface area (Å²) >= 11 is 0. The third-order valence-electron chi connectivity index (χ3n) is 4.57. The van der Waals surface area contributed by atoms with Gasteiger partial charge in [-0.15, -0.1) is 6.58 Å². The summed E-state index contributed by atoms with van der Waals surface area (Å²) in [7, 11) is 4.82. The van der Waals surface area contributed by atoms with Crippen LogP contribution in [0.25, 0.3) is 11.6 Å². The summed E-state index contributed by atoms with van der Waals surface area (Å²) in [5, 5.41) is 9.83. The normalized spacial score (nSPS) is 11.5. The molecule has 0 aliphatic heterocycles. The van der Waals surface area contributed by atoms with E-state index in [2.05, 4.69) is 17.6 Å². The first-order valence-electron chi connectivity index (χ1n) is 9.80. The zero-order valence-corrected chi connectivity index (χ0v) is 17.9. The molecule has 0 aromatic heterocycles. The fraction of sp³-hybridized carbons (Fsp3) is 0.280. The van der Waals surface area contributed by atoms with Gasteiger partial charge in [0.1, 0.15) is 17.5 Å². The molecule has 0 spiro atoms. The van der Waals surface area contributed by atoms with Crippen molar-refractivity contribution in [1.82, 2.24) is 0 Å². The third-order valence-corrected chi connectivity index (χ3v) is 4.57. The Morgan fingerprint density at radius 2 is 1.73 bits per heavy atom. The lowest BCUT2D eigenvalue weighted by Crippen LogP contribution is -2.02. The summed E-state index contributed by atoms with van der Waals surface area (Å²) in [6.07, 6.45) is 6.69. The maximum absolute atomic E-state index is 9.83. The molecule has 2 rings (SSSR count). The molecule has 30 heavy (non-hydrogen) atoms. The molecule has 0 aliphatic carbocycles. The first-order chi connectivity index (χ1) is 14.7. The SMILES string of the molecule is C=CCCCC/N=C(C#N)\C(=C\c1ccc(OC)cc1)c1ccc(OC)c(OC)c1. The van der Waals surface area contributed by atoms with Gasteiger partial charge in [0, 0.05) is 12.1 Å². The Kier molecular flexibility index (Phi) is 9.20. The predicted octanol–water partition coefficient (Wildman–Crippen LogP) is 5.57. The van der Waals surface area contributed by atoms with Gasteiger partial charge in [-0.25, -0.2) is 0 Å². The van der Waals surface area contributed by atoms with Crippen LogP contribution in [0.5, 0.6) is 17.2 Å². The van der Waals surface area contributed by atoms with Crippen LogP contribution in [0, 0.1) is 11.3 Å². The zero-order valence-electron chi connectivity index (χ0n) is 17.9. The Bertz CT molecular complexity index is 938. The van der Waals surface area contributed by atoms with E-state index in [1.165, 1.54) is 0 Å². The van der Waals surface area contributed by atoms with Gasteiger partial charge in [-0.2, -0.15) is 5.26 Å². The molecule has 5 nitrogen and oxygen atoms in total. The maximum Gasteiger partial charge on any atom is 0.161 e. The highest BCUT2D eigenvalue weighted by atomic mass is 16.5. The molecule has 0 saturated carbocycles. The smallest absolute Gasteiger partial charge is 0.161 e. The first-order valence-corrected chi connectivity index (χ1v) is 9.80. The molecular weight excluding hydrogens is 376 g/mol. The maximum atomic E-state index is 9.83. The highest BCUT2D eigenvalue weighted by Gasteiger charge is 2.13. The molecule has 2 aromatic rings. The fourth-order valence-electron chi connectivity index (χ4n) is 2.93. The Hall–Kier alpha value is -3.52. The van der Waals surface area contributed by atoms with Crippen LogP contribution in [0.1, 0.15) is 30.4 Å². The second-order valence-corrected chi connectivity index (χ2v) is 6.53. The molecule has 0 amide bonds. The number of methoxy groups -OCH3 is 3. The van der Waals surface area contributed by atoms with Gasteiger partial charge in [-0.05, 0) is 60.7 Å². The molecule has 0 fully saturated rings. The Balaban J connectivity index is 2.48. The minimum Gasteiger partial charge on any atom is -0.497 e. The predicted molar refractivity (Wildman–Crippen MR) is 122 cm³/mol. The van der Waals surface area contributed by atoms with E-state index in [4.69, 9.17) is 14.2 Å². The molecule has 0 aliphatic rings. The molecular formula is C25H28N2O3. The monoisotopic (exact) mass is 404 g/mol. The van der Waals surface area contributed by atoms with Gasteiger partial charge in [-0.1, -0.05) is 24.3 Å². The number of nitrogens with zero attached hydrogens (tertiary/aromatic N) is 2. The van der Waals surface area contributed by atoms with Crippen molar-refractivity contribution in [3.8, 4) is 23.3 Å². The molecule has 0 heterocycles. The Morgan fingerprint density at radius 3 is 2.33 bits per heavy atom. The summed E-state index contributed by atoms with van der Waals surface area (Å²) in [6, 6.07) is 15.5. The molecule has 0 unspecified atom stereocenters. The van der Waals surface area contributed by atoms with Gasteiger partial charge in [0.25, 0.3) is 0 Å². The van der Waals surface area contributed by atoms with E-state index in [-0.39, 0.29) is 0 Å². The van der Waals surface area contributed by atoms with Gasteiger partial charge in [-0.3, -0.25) is 4.99 Å². The van der Waals surface area contributed by atoms with Gasteiger partial charge < -0.3 is 14.2 Å². The van der Waals surface area contributed by atoms with Crippen LogP contribution in [-0.2, 0) is 0 Å². The van der Waals surface area contributed by atoms with Crippen molar-refractivity contribution in [2.24, 2.45) is 4.99 Å². The Morgan fingerprint density at radius 1 is 1.00 bits per heavy atom. The minimum absolute atomic E-state index is 0.386. The van der Waals surface area contributed by atoms with Crippen LogP contribution >= 0.6 is 0 Å². The van der Waals surface area contributed by atoms with Crippen molar-refractivity contribution in [1.29, 1.82) is 5.26 Å². The van der Waals surface area contributed by atoms with Crippen molar-refractivity contribution >= 4 is 17.4 Å². The molecule has 156 valence electrons. The molecule has 5 heteroatoms. The number of hydrogen-bond acceptors (Lipinski definition) is 5. The van der Waals surface area contributed by atoms with Crippen LogP contribution in [0.4, 0.5) is 0 Å². The second-order valence-electron chi connectivity index (χ2n) is 6.53. The van der Waals surface area contributed by atoms with Crippen molar-refractivity contribution in [2.45, 2.75) is 19.3 Å². The Labute approximate surface area is 178 Å². The lowest BCUT2D eigenvalue weighted by Gasteiger charge is -2.12. The van der Waals surface area contributed by atoms with Crippen molar-refractivity contribution < 1.29 is 14.2 Å². The molecule has 2 aromatic carbocycles. The van der Waals surface area contributed by atoms with Crippen LogP contribution < -0.4 is 14.2 Å². The van der Waals surface area contributed by atoms with E-state index in [1.54, 1.807) is 21.3 Å². The van der Waals surface area contributed by atoms with Crippen molar-refractivity contribution in [3.05, 3.63) is 66.2 Å². The van der Waals surface area contributed by atoms with Crippen LogP contribution in [0.15, 0.2) is 60.1 Å². The lowest BCUT2D eigenvalue weighted by molar-refractivity contribution is 0.355. The van der Waals surface area contributed by atoms with Crippen LogP contribution in [-0.4, -0.2) is 33.6 Å². The molecule has 0 saturated heterocycles. The largest absolute Gasteiger partial charge is 0.497 e. The first kappa shape index (κ1) is 22.8. The number of unbranched alkanes of at least 4 members (excludes halogenated alkanes) is 2. The van der Waals surface area contributed by atoms with Crippen LogP contribution in [0.2, 0.25) is 0 Å². The minimum atomic E-state index is 0.386. The molecule has 0 radical (unpaired) electrons. The van der Waals surface area contributed by atoms with Crippen molar-refractivity contribution in [3.63, 3.8) is 0 Å². The second kappa shape index (κ2) is 12.1. The summed E-state index contributed by atoms with van der Waals surface area (Å²) in [5.41, 5.74) is 2.88. The van der Waals surface area contributed by atoms with Gasteiger partial charge in [0.05, 0.1) is 21.3 Å². The molecule has 0 N–H and O–H groups in total. The number of nitriles is 1. The van der Waals surface area contributed by atoms with E-state index in [1.807, 2.05) is 54.6 Å². The third kappa shape index (κ3) is 6.25. The molecule has 0 bridgehead atoms. The van der Waals surface area contributed by atoms with E-state index >= 15 is 0 Å². The number of allylic oxidation sites excluding steroid dienone is 2. The van der Waals surface area contributed by atoms with E-state index in [0.717, 1.165) is 41.7 Å². The quantitative estimate of drug-likeness (QED) is 0.212. The fourth-order valence-corrected chi connectivity index (χ4v) is 2.93. The average Bonchev–Trinajstić information content (AvgIpc) is 2.80. The zero-order chi connectivity index (χ0) is 21.8. The van der Waals surface area contributed by atoms with Gasteiger partial charge in [0.15, 0.2) is 11.5 Å². The topological polar surface area (TPSA) is 63.8 Å². The summed E-state index contributed by atoms with van der Waals surface area (Å²) < 4.78 is 16.0. The number of aliphatic imine (C=N–C) groups is 1. The van der Waals surface area contributed by atoms with Gasteiger partial charge >= 0.3 is 0 Å². The highest BCUT2D eigenvalue weighted by Crippen LogP contribution is 2.32. The van der Waals surface area contributed by atoms with Gasteiger partial charge in [0.2, 0.25) is 0 Å². The van der Waals surface area contributed by atoms with E-state index < -0.39 is 0 Å². The standard InChI is InChI=1S/C25H28N2O3/c1-5-6-7-8-15-27-23(18-26)22(16-19-9-12-21(28-2)13-10-19)20-11-14-24(29-3)25(17-20)30-4/h5,9-14,16-17H,1,6-8,15H2,2-4H3/b22-16+,27-23-. The number of rotatable bonds is 11. The highest BCUT2D eigenvalue weighted by molar-refractivity contribution is 6.34. The lowest BCUT2D eigenvalue weighted by atomic mass is 9.98. The molecule has 0 atom stereocenters. The summed E-state index contributed by atoms with van der Waals surface area (Å²) in [4.78, 5) is 4.57. The number of ether oxygens (including phenoxy) is 3. The average molecular weight is 405 g/mol. The summed E-state index contributed by atoms with van der Waals surface area (Å²) in [5.74, 6) is 2.00.